The Hall–Kier alpha value is -1.42. The fourth-order valence-electron chi connectivity index (χ4n) is 2.76. The van der Waals surface area contributed by atoms with E-state index < -0.39 is 32.6 Å². The Morgan fingerprint density at radius 2 is 1.58 bits per heavy atom. The second-order valence-corrected chi connectivity index (χ2v) is 9.81. The first-order chi connectivity index (χ1) is 15.1. The van der Waals surface area contributed by atoms with Crippen LogP contribution in [0, 0.1) is 6.92 Å². The molecule has 0 aliphatic carbocycles. The van der Waals surface area contributed by atoms with Crippen molar-refractivity contribution in [2.75, 3.05) is 43.6 Å². The van der Waals surface area contributed by atoms with Gasteiger partial charge in [0.2, 0.25) is 10.4 Å². The minimum atomic E-state index is -4.95. The second kappa shape index (κ2) is 13.5. The Bertz CT molecular complexity index is 1130. The second-order valence-electron chi connectivity index (χ2n) is 6.65. The van der Waals surface area contributed by atoms with E-state index in [4.69, 9.17) is 10.2 Å². The van der Waals surface area contributed by atoms with Gasteiger partial charge in [-0.2, -0.15) is 10.2 Å². The summed E-state index contributed by atoms with van der Waals surface area (Å²) >= 11 is 0. The van der Waals surface area contributed by atoms with Gasteiger partial charge in [-0.1, -0.05) is 0 Å². The third-order valence-electron chi connectivity index (χ3n) is 4.33. The van der Waals surface area contributed by atoms with Crippen molar-refractivity contribution < 1.29 is 65.3 Å². The molecule has 2 aromatic carbocycles. The SMILES string of the molecule is Cc1cc(N(CCO)CCO)ccc1N=Nc1ccc(S(=O)(=O)CCOS(=O)(=O)[O-])cc1.[Na+]. The molecule has 2 rings (SSSR count). The molecular weight excluding hydrogens is 485 g/mol. The Morgan fingerprint density at radius 3 is 2.09 bits per heavy atom. The Kier molecular flexibility index (Phi) is 12.1. The molecule has 14 heteroatoms. The number of rotatable bonds is 12. The molecule has 0 unspecified atom stereocenters. The van der Waals surface area contributed by atoms with Crippen molar-refractivity contribution in [2.24, 2.45) is 10.2 Å². The summed E-state index contributed by atoms with van der Waals surface area (Å²) in [6, 6.07) is 10.9. The zero-order chi connectivity index (χ0) is 23.8. The van der Waals surface area contributed by atoms with Crippen molar-refractivity contribution in [3.05, 3.63) is 48.0 Å². The van der Waals surface area contributed by atoms with Crippen molar-refractivity contribution in [2.45, 2.75) is 11.8 Å². The van der Waals surface area contributed by atoms with E-state index in [1.165, 1.54) is 24.3 Å². The van der Waals surface area contributed by atoms with E-state index >= 15 is 0 Å². The van der Waals surface area contributed by atoms with Crippen molar-refractivity contribution in [3.8, 4) is 0 Å². The fourth-order valence-corrected chi connectivity index (χ4v) is 4.24. The smallest absolute Gasteiger partial charge is 0.726 e. The third kappa shape index (κ3) is 9.76. The van der Waals surface area contributed by atoms with Crippen LogP contribution in [-0.4, -0.2) is 70.3 Å². The van der Waals surface area contributed by atoms with Crippen LogP contribution in [-0.2, 0) is 24.4 Å². The number of hydrogen-bond acceptors (Lipinski definition) is 11. The van der Waals surface area contributed by atoms with Gasteiger partial charge in [0.05, 0.1) is 41.8 Å². The van der Waals surface area contributed by atoms with Crippen molar-refractivity contribution in [1.29, 1.82) is 0 Å². The summed E-state index contributed by atoms with van der Waals surface area (Å²) in [5.41, 5.74) is 2.63. The topological polar surface area (TPSA) is 169 Å². The maximum atomic E-state index is 12.2. The van der Waals surface area contributed by atoms with Gasteiger partial charge in [-0.3, -0.25) is 4.18 Å². The van der Waals surface area contributed by atoms with Gasteiger partial charge in [-0.25, -0.2) is 16.8 Å². The van der Waals surface area contributed by atoms with Crippen LogP contribution in [0.3, 0.4) is 0 Å². The van der Waals surface area contributed by atoms with Gasteiger partial charge >= 0.3 is 29.6 Å². The quantitative estimate of drug-likeness (QED) is 0.149. The van der Waals surface area contributed by atoms with Gasteiger partial charge in [-0.15, -0.1) is 0 Å². The monoisotopic (exact) mass is 509 g/mol. The molecule has 11 nitrogen and oxygen atoms in total. The van der Waals surface area contributed by atoms with Gasteiger partial charge in [0.25, 0.3) is 0 Å². The van der Waals surface area contributed by atoms with E-state index in [9.17, 15) is 21.4 Å². The average Bonchev–Trinajstić information content (AvgIpc) is 2.72. The number of hydrogen-bond donors (Lipinski definition) is 2. The molecule has 0 bridgehead atoms. The number of aryl methyl sites for hydroxylation is 1. The first-order valence-electron chi connectivity index (χ1n) is 9.48. The molecule has 176 valence electrons. The van der Waals surface area contributed by atoms with Gasteiger partial charge in [-0.05, 0) is 55.0 Å². The summed E-state index contributed by atoms with van der Waals surface area (Å²) in [5, 5.41) is 26.6. The molecule has 0 amide bonds. The first-order valence-corrected chi connectivity index (χ1v) is 12.5. The Morgan fingerprint density at radius 1 is 0.970 bits per heavy atom. The van der Waals surface area contributed by atoms with Crippen molar-refractivity contribution in [3.63, 3.8) is 0 Å². The van der Waals surface area contributed by atoms with E-state index in [-0.39, 0.29) is 47.7 Å². The normalized spacial score (nSPS) is 12.0. The standard InChI is InChI=1S/C19H25N3O8S2.Na/c1-15-14-17(22(8-10-23)9-11-24)4-7-19(15)21-20-16-2-5-18(6-3-16)31(25,26)13-12-30-32(27,28)29;/h2-7,14,23-24H,8-13H2,1H3,(H,27,28,29);/q;+1/p-1. The molecule has 0 aliphatic rings. The van der Waals surface area contributed by atoms with Crippen LogP contribution in [0.25, 0.3) is 0 Å². The number of sulfone groups is 1. The Balaban J connectivity index is 0.00000544. The predicted octanol–water partition coefficient (Wildman–Crippen LogP) is -1.54. The van der Waals surface area contributed by atoms with Crippen LogP contribution < -0.4 is 34.5 Å². The molecule has 0 saturated carbocycles. The number of anilines is 1. The number of nitrogens with zero attached hydrogens (tertiary/aromatic N) is 3. The minimum absolute atomic E-state index is 0. The zero-order valence-electron chi connectivity index (χ0n) is 18.3. The molecular formula is C19H24N3NaO8S2. The van der Waals surface area contributed by atoms with Crippen LogP contribution in [0.2, 0.25) is 0 Å². The Labute approximate surface area is 215 Å². The summed E-state index contributed by atoms with van der Waals surface area (Å²) in [6.45, 7) is 1.75. The van der Waals surface area contributed by atoms with Crippen LogP contribution in [0.15, 0.2) is 57.6 Å². The molecule has 0 spiro atoms. The molecule has 2 aromatic rings. The van der Waals surface area contributed by atoms with Crippen LogP contribution in [0.4, 0.5) is 17.1 Å². The van der Waals surface area contributed by atoms with Gasteiger partial charge in [0.15, 0.2) is 9.84 Å². The van der Waals surface area contributed by atoms with E-state index in [0.29, 0.717) is 24.5 Å². The molecule has 33 heavy (non-hydrogen) atoms. The summed E-state index contributed by atoms with van der Waals surface area (Å²) in [7, 11) is -8.79. The van der Waals surface area contributed by atoms with E-state index in [1.54, 1.807) is 12.1 Å². The van der Waals surface area contributed by atoms with Crippen molar-refractivity contribution >= 4 is 37.3 Å². The number of aliphatic hydroxyl groups excluding tert-OH is 2. The largest absolute Gasteiger partial charge is 1.00 e. The average molecular weight is 510 g/mol. The first kappa shape index (κ1) is 29.6. The van der Waals surface area contributed by atoms with E-state index in [2.05, 4.69) is 14.4 Å². The summed E-state index contributed by atoms with van der Waals surface area (Å²) < 4.78 is 59.5. The molecule has 2 N–H and O–H groups in total. The predicted molar refractivity (Wildman–Crippen MR) is 116 cm³/mol. The number of benzene rings is 2. The summed E-state index contributed by atoms with van der Waals surface area (Å²) in [5.74, 6) is -0.662. The molecule has 0 aromatic heterocycles. The summed E-state index contributed by atoms with van der Waals surface area (Å²) in [4.78, 5) is 1.77. The van der Waals surface area contributed by atoms with Gasteiger partial charge in [0.1, 0.15) is 0 Å². The molecule has 0 atom stereocenters. The molecule has 0 aliphatic heterocycles. The van der Waals surface area contributed by atoms with Crippen molar-refractivity contribution in [1.82, 2.24) is 0 Å². The van der Waals surface area contributed by atoms with Crippen LogP contribution >= 0.6 is 0 Å². The van der Waals surface area contributed by atoms with Crippen LogP contribution in [0.5, 0.6) is 0 Å². The molecule has 0 saturated heterocycles. The van der Waals surface area contributed by atoms with E-state index in [1.807, 2.05) is 17.9 Å². The molecule has 0 radical (unpaired) electrons. The number of azo groups is 1. The molecule has 0 fully saturated rings. The minimum Gasteiger partial charge on any atom is -0.726 e. The number of aliphatic hydroxyl groups is 2. The molecule has 0 heterocycles. The van der Waals surface area contributed by atoms with Gasteiger partial charge in [0, 0.05) is 18.8 Å². The maximum Gasteiger partial charge on any atom is 1.00 e. The fraction of sp³-hybridized carbons (Fsp3) is 0.368. The third-order valence-corrected chi connectivity index (χ3v) is 6.48. The van der Waals surface area contributed by atoms with E-state index in [0.717, 1.165) is 11.3 Å². The summed E-state index contributed by atoms with van der Waals surface area (Å²) in [6.07, 6.45) is 0. The zero-order valence-corrected chi connectivity index (χ0v) is 21.9. The van der Waals surface area contributed by atoms with Gasteiger partial charge < -0.3 is 19.7 Å². The maximum absolute atomic E-state index is 12.2. The van der Waals surface area contributed by atoms with Crippen LogP contribution in [0.1, 0.15) is 5.56 Å².